The highest BCUT2D eigenvalue weighted by atomic mass is 32.1. The van der Waals surface area contributed by atoms with Crippen molar-refractivity contribution in [3.8, 4) is 0 Å². The van der Waals surface area contributed by atoms with Crippen LogP contribution in [-0.2, 0) is 10.4 Å². The molecular weight excluding hydrogens is 348 g/mol. The fourth-order valence-corrected chi connectivity index (χ4v) is 3.95. The first kappa shape index (κ1) is 20.7. The van der Waals surface area contributed by atoms with E-state index in [1.807, 2.05) is 24.4 Å². The normalized spacial score (nSPS) is 17.7. The summed E-state index contributed by atoms with van der Waals surface area (Å²) in [5.74, 6) is 1.36. The SMILES string of the molecule is CCNC(=NCC(C)(O)c1cccs1)NCCNC(=O)CC1CCCC1. The van der Waals surface area contributed by atoms with Crippen LogP contribution in [0.5, 0.6) is 0 Å². The van der Waals surface area contributed by atoms with Crippen molar-refractivity contribution in [3.05, 3.63) is 22.4 Å². The largest absolute Gasteiger partial charge is 0.383 e. The number of aliphatic imine (C=N–C) groups is 1. The van der Waals surface area contributed by atoms with Crippen molar-refractivity contribution in [2.45, 2.75) is 51.6 Å². The Kier molecular flexibility index (Phi) is 8.38. The Morgan fingerprint density at radius 3 is 2.69 bits per heavy atom. The lowest BCUT2D eigenvalue weighted by atomic mass is 10.0. The van der Waals surface area contributed by atoms with E-state index in [1.165, 1.54) is 37.0 Å². The molecule has 4 N–H and O–H groups in total. The molecule has 146 valence electrons. The van der Waals surface area contributed by atoms with E-state index < -0.39 is 5.60 Å². The summed E-state index contributed by atoms with van der Waals surface area (Å²) >= 11 is 1.52. The molecule has 0 spiro atoms. The number of carbonyl (C=O) groups excluding carboxylic acids is 1. The summed E-state index contributed by atoms with van der Waals surface area (Å²) < 4.78 is 0. The molecule has 1 saturated carbocycles. The monoisotopic (exact) mass is 380 g/mol. The Morgan fingerprint density at radius 1 is 1.31 bits per heavy atom. The van der Waals surface area contributed by atoms with E-state index in [1.54, 1.807) is 6.92 Å². The van der Waals surface area contributed by atoms with Gasteiger partial charge in [0.1, 0.15) is 5.60 Å². The molecule has 6 nitrogen and oxygen atoms in total. The molecular formula is C19H32N4O2S. The second-order valence-electron chi connectivity index (χ2n) is 7.08. The number of amides is 1. The minimum absolute atomic E-state index is 0.140. The Hall–Kier alpha value is -1.60. The molecule has 0 aliphatic heterocycles. The number of rotatable bonds is 9. The number of thiophene rings is 1. The zero-order valence-corrected chi connectivity index (χ0v) is 16.7. The van der Waals surface area contributed by atoms with Crippen molar-refractivity contribution in [3.63, 3.8) is 0 Å². The van der Waals surface area contributed by atoms with Crippen LogP contribution in [0.3, 0.4) is 0 Å². The minimum Gasteiger partial charge on any atom is -0.383 e. The number of carbonyl (C=O) groups is 1. The molecule has 7 heteroatoms. The van der Waals surface area contributed by atoms with E-state index in [-0.39, 0.29) is 12.5 Å². The minimum atomic E-state index is -0.980. The van der Waals surface area contributed by atoms with Crippen molar-refractivity contribution in [1.29, 1.82) is 0 Å². The Bertz CT molecular complexity index is 566. The van der Waals surface area contributed by atoms with Crippen molar-refractivity contribution < 1.29 is 9.90 Å². The van der Waals surface area contributed by atoms with Crippen molar-refractivity contribution in [1.82, 2.24) is 16.0 Å². The third-order valence-electron chi connectivity index (χ3n) is 4.63. The first-order valence-corrected chi connectivity index (χ1v) is 10.4. The average Bonchev–Trinajstić information content (AvgIpc) is 3.30. The summed E-state index contributed by atoms with van der Waals surface area (Å²) in [6.45, 7) is 5.95. The summed E-state index contributed by atoms with van der Waals surface area (Å²) in [6, 6.07) is 3.84. The van der Waals surface area contributed by atoms with Crippen molar-refractivity contribution >= 4 is 23.2 Å². The van der Waals surface area contributed by atoms with Gasteiger partial charge in [-0.05, 0) is 44.1 Å². The maximum Gasteiger partial charge on any atom is 0.220 e. The molecule has 1 amide bonds. The van der Waals surface area contributed by atoms with Gasteiger partial charge in [0.2, 0.25) is 5.91 Å². The maximum absolute atomic E-state index is 11.9. The lowest BCUT2D eigenvalue weighted by molar-refractivity contribution is -0.121. The second-order valence-corrected chi connectivity index (χ2v) is 8.03. The predicted molar refractivity (Wildman–Crippen MR) is 107 cm³/mol. The zero-order valence-electron chi connectivity index (χ0n) is 15.9. The smallest absolute Gasteiger partial charge is 0.220 e. The lowest BCUT2D eigenvalue weighted by Crippen LogP contribution is -2.42. The van der Waals surface area contributed by atoms with Crippen LogP contribution >= 0.6 is 11.3 Å². The van der Waals surface area contributed by atoms with E-state index in [9.17, 15) is 9.90 Å². The van der Waals surface area contributed by atoms with Gasteiger partial charge in [-0.3, -0.25) is 4.79 Å². The molecule has 0 aromatic carbocycles. The van der Waals surface area contributed by atoms with Gasteiger partial charge in [0.15, 0.2) is 5.96 Å². The van der Waals surface area contributed by atoms with E-state index >= 15 is 0 Å². The van der Waals surface area contributed by atoms with Crippen LogP contribution < -0.4 is 16.0 Å². The Balaban J connectivity index is 1.72. The molecule has 1 aromatic heterocycles. The quantitative estimate of drug-likeness (QED) is 0.301. The standard InChI is InChI=1S/C19H32N4O2S/c1-3-20-18(23-14-19(2,25)16-9-6-12-26-16)22-11-10-21-17(24)13-15-7-4-5-8-15/h6,9,12,15,25H,3-5,7-8,10-11,13-14H2,1-2H3,(H,21,24)(H2,20,22,23). The summed E-state index contributed by atoms with van der Waals surface area (Å²) in [5, 5.41) is 21.9. The van der Waals surface area contributed by atoms with Crippen LogP contribution in [-0.4, -0.2) is 43.2 Å². The molecule has 0 bridgehead atoms. The van der Waals surface area contributed by atoms with Crippen LogP contribution in [0, 0.1) is 5.92 Å². The number of nitrogens with zero attached hydrogens (tertiary/aromatic N) is 1. The topological polar surface area (TPSA) is 85.8 Å². The van der Waals surface area contributed by atoms with Crippen LogP contribution in [0.25, 0.3) is 0 Å². The van der Waals surface area contributed by atoms with Gasteiger partial charge in [0, 0.05) is 30.9 Å². The molecule has 0 saturated heterocycles. The van der Waals surface area contributed by atoms with E-state index in [2.05, 4.69) is 20.9 Å². The summed E-state index contributed by atoms with van der Waals surface area (Å²) in [5.41, 5.74) is -0.980. The number of nitrogens with one attached hydrogen (secondary N) is 3. The molecule has 1 aromatic rings. The fraction of sp³-hybridized carbons (Fsp3) is 0.684. The van der Waals surface area contributed by atoms with Crippen LogP contribution in [0.4, 0.5) is 0 Å². The molecule has 1 aliphatic carbocycles. The third-order valence-corrected chi connectivity index (χ3v) is 5.75. The van der Waals surface area contributed by atoms with Crippen molar-refractivity contribution in [2.24, 2.45) is 10.9 Å². The second kappa shape index (κ2) is 10.5. The molecule has 26 heavy (non-hydrogen) atoms. The summed E-state index contributed by atoms with van der Waals surface area (Å²) in [4.78, 5) is 17.3. The summed E-state index contributed by atoms with van der Waals surface area (Å²) in [7, 11) is 0. The molecule has 1 heterocycles. The van der Waals surface area contributed by atoms with Gasteiger partial charge < -0.3 is 21.1 Å². The highest BCUT2D eigenvalue weighted by Gasteiger charge is 2.24. The molecule has 1 atom stereocenters. The van der Waals surface area contributed by atoms with Gasteiger partial charge in [-0.2, -0.15) is 0 Å². The Labute approximate surface area is 160 Å². The van der Waals surface area contributed by atoms with Crippen LogP contribution in [0.15, 0.2) is 22.5 Å². The van der Waals surface area contributed by atoms with E-state index in [4.69, 9.17) is 0 Å². The molecule has 1 fully saturated rings. The van der Waals surface area contributed by atoms with E-state index in [0.29, 0.717) is 31.4 Å². The van der Waals surface area contributed by atoms with Crippen LogP contribution in [0.1, 0.15) is 50.8 Å². The molecule has 0 radical (unpaired) electrons. The van der Waals surface area contributed by atoms with Gasteiger partial charge in [-0.25, -0.2) is 4.99 Å². The zero-order chi connectivity index (χ0) is 18.8. The van der Waals surface area contributed by atoms with Gasteiger partial charge in [0.25, 0.3) is 0 Å². The highest BCUT2D eigenvalue weighted by molar-refractivity contribution is 7.10. The number of aliphatic hydroxyl groups is 1. The van der Waals surface area contributed by atoms with Gasteiger partial charge >= 0.3 is 0 Å². The Morgan fingerprint density at radius 2 is 2.04 bits per heavy atom. The number of hydrogen-bond donors (Lipinski definition) is 4. The fourth-order valence-electron chi connectivity index (χ4n) is 3.17. The van der Waals surface area contributed by atoms with Gasteiger partial charge in [-0.15, -0.1) is 11.3 Å². The predicted octanol–water partition coefficient (Wildman–Crippen LogP) is 2.21. The highest BCUT2D eigenvalue weighted by Crippen LogP contribution is 2.27. The summed E-state index contributed by atoms with van der Waals surface area (Å²) in [6.07, 6.45) is 5.55. The first-order valence-electron chi connectivity index (χ1n) is 9.56. The average molecular weight is 381 g/mol. The number of hydrogen-bond acceptors (Lipinski definition) is 4. The van der Waals surface area contributed by atoms with E-state index in [0.717, 1.165) is 11.4 Å². The molecule has 2 rings (SSSR count). The van der Waals surface area contributed by atoms with Crippen LogP contribution in [0.2, 0.25) is 0 Å². The maximum atomic E-state index is 11.9. The number of guanidine groups is 1. The molecule has 1 unspecified atom stereocenters. The van der Waals surface area contributed by atoms with Crippen molar-refractivity contribution in [2.75, 3.05) is 26.2 Å². The third kappa shape index (κ3) is 6.96. The lowest BCUT2D eigenvalue weighted by Gasteiger charge is -2.20. The van der Waals surface area contributed by atoms with Gasteiger partial charge in [-0.1, -0.05) is 18.9 Å². The molecule has 1 aliphatic rings. The van der Waals surface area contributed by atoms with Gasteiger partial charge in [0.05, 0.1) is 6.54 Å². The first-order chi connectivity index (χ1) is 12.5.